The van der Waals surface area contributed by atoms with E-state index in [2.05, 4.69) is 15.4 Å². The molecule has 0 aliphatic heterocycles. The maximum atomic E-state index is 2.10. The first-order chi connectivity index (χ1) is 4.25. The molecule has 9 heavy (non-hydrogen) atoms. The summed E-state index contributed by atoms with van der Waals surface area (Å²) in [7, 11) is 4.09. The molecule has 3 heteroatoms. The van der Waals surface area contributed by atoms with Gasteiger partial charge in [0, 0.05) is 0 Å². The predicted molar refractivity (Wildman–Crippen MR) is 38.4 cm³/mol. The van der Waals surface area contributed by atoms with Crippen LogP contribution < -0.4 is 4.57 Å². The van der Waals surface area contributed by atoms with E-state index in [9.17, 15) is 0 Å². The van der Waals surface area contributed by atoms with Gasteiger partial charge in [-0.3, -0.25) is 0 Å². The summed E-state index contributed by atoms with van der Waals surface area (Å²) in [5.41, 5.74) is 0. The summed E-state index contributed by atoms with van der Waals surface area (Å²) in [5, 5.41) is 1.27. The van der Waals surface area contributed by atoms with Crippen molar-refractivity contribution in [1.29, 1.82) is 0 Å². The van der Waals surface area contributed by atoms with Gasteiger partial charge >= 0.3 is 5.16 Å². The molecule has 0 N–H and O–H groups in total. The molecule has 0 saturated carbocycles. The second-order valence-electron chi connectivity index (χ2n) is 2.01. The van der Waals surface area contributed by atoms with E-state index in [0.29, 0.717) is 0 Å². The first-order valence-electron chi connectivity index (χ1n) is 2.80. The van der Waals surface area contributed by atoms with Crippen molar-refractivity contribution in [3.63, 3.8) is 0 Å². The van der Waals surface area contributed by atoms with Crippen LogP contribution >= 0.6 is 11.8 Å². The van der Waals surface area contributed by atoms with E-state index >= 15 is 0 Å². The Bertz CT molecular complexity index is 185. The molecule has 50 valence electrons. The van der Waals surface area contributed by atoms with Crippen LogP contribution in [0.1, 0.15) is 0 Å². The largest absolute Gasteiger partial charge is 0.317 e. The highest BCUT2D eigenvalue weighted by atomic mass is 32.2. The lowest BCUT2D eigenvalue weighted by molar-refractivity contribution is -0.709. The number of thioether (sulfide) groups is 1. The first-order valence-corrected chi connectivity index (χ1v) is 4.03. The van der Waals surface area contributed by atoms with Gasteiger partial charge in [-0.25, -0.2) is 9.13 Å². The van der Waals surface area contributed by atoms with E-state index in [1.807, 2.05) is 26.5 Å². The Hall–Kier alpha value is -0.440. The third kappa shape index (κ3) is 1.10. The number of nitrogens with zero attached hydrogens (tertiary/aromatic N) is 2. The molecule has 1 rings (SSSR count). The summed E-state index contributed by atoms with van der Waals surface area (Å²) in [6.45, 7) is 0. The zero-order chi connectivity index (χ0) is 6.85. The summed E-state index contributed by atoms with van der Waals surface area (Å²) in [4.78, 5) is 0. The van der Waals surface area contributed by atoms with Gasteiger partial charge in [-0.2, -0.15) is 0 Å². The van der Waals surface area contributed by atoms with Crippen molar-refractivity contribution in [2.24, 2.45) is 14.1 Å². The second-order valence-corrected chi connectivity index (χ2v) is 2.78. The van der Waals surface area contributed by atoms with Crippen LogP contribution in [-0.2, 0) is 14.1 Å². The molecular weight excluding hydrogens is 132 g/mol. The monoisotopic (exact) mass is 143 g/mol. The quantitative estimate of drug-likeness (QED) is 0.412. The third-order valence-corrected chi connectivity index (χ3v) is 2.24. The first kappa shape index (κ1) is 6.68. The summed E-state index contributed by atoms with van der Waals surface area (Å²) in [6, 6.07) is 0. The minimum atomic E-state index is 1.27. The van der Waals surface area contributed by atoms with E-state index in [0.717, 1.165) is 0 Å². The van der Waals surface area contributed by atoms with Gasteiger partial charge in [0.15, 0.2) is 0 Å². The van der Waals surface area contributed by atoms with Gasteiger partial charge in [0.2, 0.25) is 0 Å². The number of hydrogen-bond acceptors (Lipinski definition) is 1. The molecule has 0 fully saturated rings. The molecular formula is C6H11N2S+. The lowest BCUT2D eigenvalue weighted by Gasteiger charge is -1.89. The Balaban J connectivity index is 3.07. The van der Waals surface area contributed by atoms with Crippen molar-refractivity contribution in [1.82, 2.24) is 4.57 Å². The number of imidazole rings is 1. The highest BCUT2D eigenvalue weighted by Crippen LogP contribution is 2.06. The lowest BCUT2D eigenvalue weighted by Crippen LogP contribution is -2.28. The van der Waals surface area contributed by atoms with Gasteiger partial charge in [0.25, 0.3) is 0 Å². The zero-order valence-electron chi connectivity index (χ0n) is 5.96. The molecule has 0 spiro atoms. The van der Waals surface area contributed by atoms with Crippen molar-refractivity contribution < 1.29 is 4.57 Å². The molecule has 0 atom stereocenters. The van der Waals surface area contributed by atoms with Crippen LogP contribution in [0.25, 0.3) is 0 Å². The fraction of sp³-hybridized carbons (Fsp3) is 0.500. The van der Waals surface area contributed by atoms with Gasteiger partial charge in [-0.05, 0) is 18.0 Å². The van der Waals surface area contributed by atoms with Crippen molar-refractivity contribution in [2.75, 3.05) is 6.26 Å². The standard InChI is InChI=1S/C6H11N2S/c1-7-4-5-8(2)6(7)9-3/h4-5H,1-3H3/q+1. The molecule has 0 bridgehead atoms. The van der Waals surface area contributed by atoms with Crippen molar-refractivity contribution >= 4 is 11.8 Å². The Morgan fingerprint density at radius 2 is 2.33 bits per heavy atom. The van der Waals surface area contributed by atoms with Crippen LogP contribution in [0.2, 0.25) is 0 Å². The fourth-order valence-electron chi connectivity index (χ4n) is 0.864. The maximum absolute atomic E-state index is 2.10. The van der Waals surface area contributed by atoms with E-state index in [1.165, 1.54) is 5.16 Å². The van der Waals surface area contributed by atoms with Crippen LogP contribution in [0.3, 0.4) is 0 Å². The summed E-state index contributed by atoms with van der Waals surface area (Å²) in [5.74, 6) is 0. The van der Waals surface area contributed by atoms with E-state index < -0.39 is 0 Å². The topological polar surface area (TPSA) is 8.81 Å². The van der Waals surface area contributed by atoms with Crippen LogP contribution in [-0.4, -0.2) is 10.8 Å². The van der Waals surface area contributed by atoms with Gasteiger partial charge in [0.1, 0.15) is 12.4 Å². The third-order valence-electron chi connectivity index (χ3n) is 1.30. The highest BCUT2D eigenvalue weighted by molar-refractivity contribution is 7.98. The van der Waals surface area contributed by atoms with Crippen molar-refractivity contribution in [2.45, 2.75) is 5.16 Å². The van der Waals surface area contributed by atoms with Gasteiger partial charge in [0.05, 0.1) is 14.1 Å². The van der Waals surface area contributed by atoms with Crippen molar-refractivity contribution in [3.05, 3.63) is 12.4 Å². The minimum absolute atomic E-state index is 1.27. The maximum Gasteiger partial charge on any atom is 0.317 e. The Morgan fingerprint density at radius 1 is 1.67 bits per heavy atom. The van der Waals surface area contributed by atoms with Gasteiger partial charge in [-0.15, -0.1) is 0 Å². The summed E-state index contributed by atoms with van der Waals surface area (Å²) >= 11 is 1.75. The molecule has 0 saturated heterocycles. The number of aromatic nitrogens is 2. The average molecular weight is 143 g/mol. The number of hydrogen-bond donors (Lipinski definition) is 0. The normalized spacial score (nSPS) is 10.1. The molecule has 0 radical (unpaired) electrons. The molecule has 1 heterocycles. The van der Waals surface area contributed by atoms with Gasteiger partial charge < -0.3 is 0 Å². The average Bonchev–Trinajstić information content (AvgIpc) is 2.12. The molecule has 1 aromatic rings. The molecule has 2 nitrogen and oxygen atoms in total. The number of rotatable bonds is 1. The van der Waals surface area contributed by atoms with Gasteiger partial charge in [-0.1, -0.05) is 0 Å². The second kappa shape index (κ2) is 2.43. The van der Waals surface area contributed by atoms with Crippen LogP contribution in [0.15, 0.2) is 17.6 Å². The molecule has 0 aliphatic carbocycles. The van der Waals surface area contributed by atoms with Crippen LogP contribution in [0.5, 0.6) is 0 Å². The SMILES string of the molecule is CSc1n(C)cc[n+]1C. The van der Waals surface area contributed by atoms with Crippen LogP contribution in [0, 0.1) is 0 Å². The highest BCUT2D eigenvalue weighted by Gasteiger charge is 2.07. The lowest BCUT2D eigenvalue weighted by atomic mass is 10.9. The molecule has 0 aliphatic rings. The Kier molecular flexibility index (Phi) is 1.81. The van der Waals surface area contributed by atoms with Crippen LogP contribution in [0.4, 0.5) is 0 Å². The molecule has 0 amide bonds. The predicted octanol–water partition coefficient (Wildman–Crippen LogP) is 0.572. The van der Waals surface area contributed by atoms with E-state index in [-0.39, 0.29) is 0 Å². The van der Waals surface area contributed by atoms with E-state index in [1.54, 1.807) is 11.8 Å². The molecule has 0 unspecified atom stereocenters. The molecule has 0 aromatic carbocycles. The minimum Gasteiger partial charge on any atom is -0.227 e. The Labute approximate surface area is 59.5 Å². The Morgan fingerprint density at radius 3 is 2.56 bits per heavy atom. The number of aryl methyl sites for hydroxylation is 2. The van der Waals surface area contributed by atoms with E-state index in [4.69, 9.17) is 0 Å². The zero-order valence-corrected chi connectivity index (χ0v) is 6.77. The smallest absolute Gasteiger partial charge is 0.227 e. The molecule has 1 aromatic heterocycles. The summed E-state index contributed by atoms with van der Waals surface area (Å²) in [6.07, 6.45) is 6.17. The summed E-state index contributed by atoms with van der Waals surface area (Å²) < 4.78 is 4.20. The van der Waals surface area contributed by atoms with Crippen molar-refractivity contribution in [3.8, 4) is 0 Å². The fourth-order valence-corrected chi connectivity index (χ4v) is 1.56.